The third-order valence-electron chi connectivity index (χ3n) is 4.04. The van der Waals surface area contributed by atoms with Crippen LogP contribution in [-0.4, -0.2) is 70.9 Å². The molecule has 1 aromatic rings. The Kier molecular flexibility index (Phi) is 7.16. The van der Waals surface area contributed by atoms with Crippen molar-refractivity contribution in [3.05, 3.63) is 24.3 Å². The molecule has 1 aliphatic heterocycles. The van der Waals surface area contributed by atoms with E-state index in [1.807, 2.05) is 23.1 Å². The first-order valence-corrected chi connectivity index (χ1v) is 8.11. The molecule has 1 aromatic carbocycles. The number of nitrogens with one attached hydrogen (secondary N) is 1. The van der Waals surface area contributed by atoms with E-state index >= 15 is 0 Å². The van der Waals surface area contributed by atoms with Crippen molar-refractivity contribution in [1.29, 1.82) is 0 Å². The molecule has 1 saturated heterocycles. The normalized spacial score (nSPS) is 14.9. The van der Waals surface area contributed by atoms with Crippen LogP contribution in [0, 0.1) is 0 Å². The molecule has 0 unspecified atom stereocenters. The number of carbonyl (C=O) groups is 1. The molecule has 1 N–H and O–H groups in total. The summed E-state index contributed by atoms with van der Waals surface area (Å²) in [7, 11) is 3.38. The van der Waals surface area contributed by atoms with Crippen LogP contribution < -0.4 is 15.0 Å². The van der Waals surface area contributed by atoms with Crippen molar-refractivity contribution >= 4 is 11.6 Å². The molecule has 0 spiro atoms. The summed E-state index contributed by atoms with van der Waals surface area (Å²) >= 11 is 0. The first-order valence-electron chi connectivity index (χ1n) is 8.11. The lowest BCUT2D eigenvalue weighted by atomic mass is 10.2. The van der Waals surface area contributed by atoms with E-state index < -0.39 is 0 Å². The maximum absolute atomic E-state index is 12.2. The number of anilines is 1. The molecular formula is C17H27N3O3. The molecule has 0 atom stereocenters. The average molecular weight is 321 g/mol. The molecule has 1 aliphatic rings. The summed E-state index contributed by atoms with van der Waals surface area (Å²) in [5, 5.41) is 3.17. The summed E-state index contributed by atoms with van der Waals surface area (Å²) in [6.45, 7) is 5.08. The van der Waals surface area contributed by atoms with Crippen LogP contribution in [0.25, 0.3) is 0 Å². The number of piperazine rings is 1. The number of para-hydroxylation sites is 2. The van der Waals surface area contributed by atoms with E-state index in [0.717, 1.165) is 57.2 Å². The van der Waals surface area contributed by atoms with Crippen molar-refractivity contribution in [2.45, 2.75) is 6.42 Å². The van der Waals surface area contributed by atoms with Gasteiger partial charge >= 0.3 is 0 Å². The molecule has 1 fully saturated rings. The van der Waals surface area contributed by atoms with Gasteiger partial charge in [-0.1, -0.05) is 12.1 Å². The van der Waals surface area contributed by atoms with Gasteiger partial charge < -0.3 is 24.6 Å². The Morgan fingerprint density at radius 2 is 1.91 bits per heavy atom. The minimum absolute atomic E-state index is 0.169. The number of methoxy groups -OCH3 is 2. The average Bonchev–Trinajstić information content (AvgIpc) is 2.61. The fourth-order valence-electron chi connectivity index (χ4n) is 2.74. The van der Waals surface area contributed by atoms with Crippen LogP contribution in [0.5, 0.6) is 5.75 Å². The highest BCUT2D eigenvalue weighted by molar-refractivity contribution is 5.78. The van der Waals surface area contributed by atoms with E-state index in [0.29, 0.717) is 6.54 Å². The summed E-state index contributed by atoms with van der Waals surface area (Å²) < 4.78 is 10.4. The van der Waals surface area contributed by atoms with Crippen molar-refractivity contribution in [3.63, 3.8) is 0 Å². The lowest BCUT2D eigenvalue weighted by molar-refractivity contribution is -0.130. The van der Waals surface area contributed by atoms with Crippen LogP contribution in [0.1, 0.15) is 6.42 Å². The van der Waals surface area contributed by atoms with E-state index in [2.05, 4.69) is 16.3 Å². The summed E-state index contributed by atoms with van der Waals surface area (Å²) in [5.74, 6) is 1.05. The minimum atomic E-state index is 0.169. The quantitative estimate of drug-likeness (QED) is 0.723. The van der Waals surface area contributed by atoms with Gasteiger partial charge in [0, 0.05) is 39.9 Å². The topological polar surface area (TPSA) is 54.0 Å². The number of benzene rings is 1. The molecule has 0 saturated carbocycles. The first-order chi connectivity index (χ1) is 11.3. The van der Waals surface area contributed by atoms with Crippen molar-refractivity contribution in [2.24, 2.45) is 0 Å². The molecule has 0 aliphatic carbocycles. The van der Waals surface area contributed by atoms with Gasteiger partial charge in [0.05, 0.1) is 19.3 Å². The summed E-state index contributed by atoms with van der Waals surface area (Å²) in [6, 6.07) is 8.02. The van der Waals surface area contributed by atoms with Crippen LogP contribution in [0.3, 0.4) is 0 Å². The highest BCUT2D eigenvalue weighted by Gasteiger charge is 2.22. The van der Waals surface area contributed by atoms with E-state index in [9.17, 15) is 4.79 Å². The summed E-state index contributed by atoms with van der Waals surface area (Å²) in [6.07, 6.45) is 0.922. The van der Waals surface area contributed by atoms with E-state index in [-0.39, 0.29) is 5.91 Å². The number of carbonyl (C=O) groups excluding carboxylic acids is 1. The van der Waals surface area contributed by atoms with Gasteiger partial charge in [0.1, 0.15) is 5.75 Å². The highest BCUT2D eigenvalue weighted by atomic mass is 16.5. The molecule has 1 heterocycles. The van der Waals surface area contributed by atoms with Crippen molar-refractivity contribution in [1.82, 2.24) is 10.2 Å². The van der Waals surface area contributed by atoms with Gasteiger partial charge in [0.15, 0.2) is 0 Å². The second kappa shape index (κ2) is 9.37. The molecule has 128 valence electrons. The third-order valence-corrected chi connectivity index (χ3v) is 4.04. The number of nitrogens with zero attached hydrogens (tertiary/aromatic N) is 2. The Hall–Kier alpha value is -1.79. The summed E-state index contributed by atoms with van der Waals surface area (Å²) in [4.78, 5) is 16.4. The lowest BCUT2D eigenvalue weighted by Crippen LogP contribution is -2.51. The van der Waals surface area contributed by atoms with Crippen molar-refractivity contribution < 1.29 is 14.3 Å². The largest absolute Gasteiger partial charge is 0.495 e. The minimum Gasteiger partial charge on any atom is -0.495 e. The monoisotopic (exact) mass is 321 g/mol. The van der Waals surface area contributed by atoms with E-state index in [1.165, 1.54) is 0 Å². The Bertz CT molecular complexity index is 488. The number of rotatable bonds is 8. The van der Waals surface area contributed by atoms with Crippen LogP contribution in [0.2, 0.25) is 0 Å². The zero-order valence-electron chi connectivity index (χ0n) is 14.1. The summed E-state index contributed by atoms with van der Waals surface area (Å²) in [5.41, 5.74) is 1.10. The Balaban J connectivity index is 1.76. The SMILES string of the molecule is COCCCNCC(=O)N1CCN(c2ccccc2OC)CC1. The molecule has 2 rings (SSSR count). The van der Waals surface area contributed by atoms with Gasteiger partial charge in [-0.15, -0.1) is 0 Å². The number of ether oxygens (including phenoxy) is 2. The molecule has 0 radical (unpaired) electrons. The van der Waals surface area contributed by atoms with Gasteiger partial charge in [-0.25, -0.2) is 0 Å². The number of amides is 1. The Morgan fingerprint density at radius 3 is 2.61 bits per heavy atom. The Morgan fingerprint density at radius 1 is 1.17 bits per heavy atom. The second-order valence-electron chi connectivity index (χ2n) is 5.56. The predicted molar refractivity (Wildman–Crippen MR) is 91.1 cm³/mol. The molecule has 23 heavy (non-hydrogen) atoms. The third kappa shape index (κ3) is 5.11. The zero-order valence-corrected chi connectivity index (χ0v) is 14.1. The van der Waals surface area contributed by atoms with E-state index in [4.69, 9.17) is 9.47 Å². The van der Waals surface area contributed by atoms with Crippen molar-refractivity contribution in [2.75, 3.05) is 65.0 Å². The van der Waals surface area contributed by atoms with Crippen LogP contribution >= 0.6 is 0 Å². The molecule has 6 nitrogen and oxygen atoms in total. The predicted octanol–water partition coefficient (Wildman–Crippen LogP) is 0.970. The van der Waals surface area contributed by atoms with Crippen LogP contribution in [-0.2, 0) is 9.53 Å². The molecule has 1 amide bonds. The van der Waals surface area contributed by atoms with Gasteiger partial charge in [-0.05, 0) is 25.1 Å². The van der Waals surface area contributed by atoms with Gasteiger partial charge in [0.25, 0.3) is 0 Å². The number of hydrogen-bond acceptors (Lipinski definition) is 5. The van der Waals surface area contributed by atoms with E-state index in [1.54, 1.807) is 14.2 Å². The van der Waals surface area contributed by atoms with Gasteiger partial charge in [0.2, 0.25) is 5.91 Å². The molecular weight excluding hydrogens is 294 g/mol. The lowest BCUT2D eigenvalue weighted by Gasteiger charge is -2.36. The fourth-order valence-corrected chi connectivity index (χ4v) is 2.74. The van der Waals surface area contributed by atoms with Crippen molar-refractivity contribution in [3.8, 4) is 5.75 Å². The van der Waals surface area contributed by atoms with Gasteiger partial charge in [-0.2, -0.15) is 0 Å². The highest BCUT2D eigenvalue weighted by Crippen LogP contribution is 2.28. The second-order valence-corrected chi connectivity index (χ2v) is 5.56. The molecule has 0 bridgehead atoms. The molecule has 0 aromatic heterocycles. The zero-order chi connectivity index (χ0) is 16.5. The maximum Gasteiger partial charge on any atom is 0.236 e. The standard InChI is InChI=1S/C17H27N3O3/c1-22-13-5-8-18-14-17(21)20-11-9-19(10-12-20)15-6-3-4-7-16(15)23-2/h3-4,6-7,18H,5,8-14H2,1-2H3. The fraction of sp³-hybridized carbons (Fsp3) is 0.588. The number of hydrogen-bond donors (Lipinski definition) is 1. The maximum atomic E-state index is 12.2. The van der Waals surface area contributed by atoms with Crippen LogP contribution in [0.4, 0.5) is 5.69 Å². The first kappa shape index (κ1) is 17.6. The van der Waals surface area contributed by atoms with Gasteiger partial charge in [-0.3, -0.25) is 4.79 Å². The molecule has 6 heteroatoms. The Labute approximate surface area is 138 Å². The van der Waals surface area contributed by atoms with Crippen LogP contribution in [0.15, 0.2) is 24.3 Å². The smallest absolute Gasteiger partial charge is 0.236 e.